The minimum Gasteiger partial charge on any atom is -0.489 e. The number of nitrogens with zero attached hydrogens (tertiary/aromatic N) is 3. The summed E-state index contributed by atoms with van der Waals surface area (Å²) < 4.78 is 45.7. The van der Waals surface area contributed by atoms with Gasteiger partial charge in [-0.05, 0) is 44.3 Å². The van der Waals surface area contributed by atoms with Crippen molar-refractivity contribution in [3.05, 3.63) is 41.9 Å². The normalized spacial score (nSPS) is 11.2. The molecule has 2 rings (SSSR count). The highest BCUT2D eigenvalue weighted by molar-refractivity contribution is 7.80. The number of aromatic nitrogens is 2. The van der Waals surface area contributed by atoms with E-state index >= 15 is 0 Å². The number of anilines is 2. The van der Waals surface area contributed by atoms with Crippen LogP contribution in [0.3, 0.4) is 0 Å². The van der Waals surface area contributed by atoms with E-state index in [1.807, 2.05) is 0 Å². The molecular weight excluding hydrogens is 405 g/mol. The Kier molecular flexibility index (Phi) is 6.96. The number of rotatable bonds is 5. The van der Waals surface area contributed by atoms with Gasteiger partial charge in [0.2, 0.25) is 0 Å². The van der Waals surface area contributed by atoms with Crippen LogP contribution in [0.5, 0.6) is 5.75 Å². The Hall–Kier alpha value is -2.95. The summed E-state index contributed by atoms with van der Waals surface area (Å²) in [7, 11) is 3.61. The molecule has 0 aliphatic carbocycles. The van der Waals surface area contributed by atoms with Crippen molar-refractivity contribution in [2.45, 2.75) is 26.1 Å². The number of ether oxygens (including phenoxy) is 1. The Morgan fingerprint density at radius 2 is 1.97 bits per heavy atom. The summed E-state index contributed by atoms with van der Waals surface area (Å²) in [5.41, 5.74) is -0.971. The van der Waals surface area contributed by atoms with Crippen LogP contribution in [0.1, 0.15) is 25.1 Å². The molecule has 0 spiro atoms. The van der Waals surface area contributed by atoms with Crippen molar-refractivity contribution in [3.63, 3.8) is 0 Å². The summed E-state index contributed by atoms with van der Waals surface area (Å²) in [6.45, 7) is 3.38. The first kappa shape index (κ1) is 22.3. The van der Waals surface area contributed by atoms with E-state index in [-0.39, 0.29) is 17.0 Å². The van der Waals surface area contributed by atoms with Gasteiger partial charge in [0, 0.05) is 20.3 Å². The zero-order valence-electron chi connectivity index (χ0n) is 16.3. The van der Waals surface area contributed by atoms with Crippen LogP contribution in [-0.2, 0) is 6.18 Å². The Morgan fingerprint density at radius 1 is 1.28 bits per heavy atom. The third-order valence-corrected chi connectivity index (χ3v) is 3.72. The highest BCUT2D eigenvalue weighted by atomic mass is 32.1. The van der Waals surface area contributed by atoms with Gasteiger partial charge in [-0.3, -0.25) is 5.41 Å². The Bertz CT molecular complexity index is 901. The molecule has 0 atom stereocenters. The second kappa shape index (κ2) is 9.03. The number of hydrogen-bond acceptors (Lipinski definition) is 6. The number of amidine groups is 1. The predicted octanol–water partition coefficient (Wildman–Crippen LogP) is 3.66. The molecule has 7 nitrogen and oxygen atoms in total. The second-order valence-corrected chi connectivity index (χ2v) is 6.86. The molecule has 0 fully saturated rings. The highest BCUT2D eigenvalue weighted by Crippen LogP contribution is 2.33. The quantitative estimate of drug-likeness (QED) is 0.382. The first-order valence-electron chi connectivity index (χ1n) is 8.52. The molecule has 0 aliphatic heterocycles. The molecular formula is C18H21F3N6OS. The number of alkyl halides is 3. The van der Waals surface area contributed by atoms with E-state index in [4.69, 9.17) is 22.4 Å². The van der Waals surface area contributed by atoms with E-state index in [0.717, 1.165) is 12.3 Å². The number of halogens is 3. The summed E-state index contributed by atoms with van der Waals surface area (Å²) in [5, 5.41) is 13.1. The molecule has 0 saturated carbocycles. The van der Waals surface area contributed by atoms with Gasteiger partial charge in [-0.1, -0.05) is 0 Å². The minimum absolute atomic E-state index is 0.0336. The molecule has 0 aromatic carbocycles. The van der Waals surface area contributed by atoms with Crippen molar-refractivity contribution in [3.8, 4) is 5.75 Å². The smallest absolute Gasteiger partial charge is 0.418 e. The molecule has 0 saturated heterocycles. The van der Waals surface area contributed by atoms with Gasteiger partial charge in [0.05, 0.1) is 23.6 Å². The van der Waals surface area contributed by atoms with Gasteiger partial charge in [-0.2, -0.15) is 13.2 Å². The van der Waals surface area contributed by atoms with Crippen LogP contribution in [0.2, 0.25) is 0 Å². The number of nitrogens with one attached hydrogen (secondary N) is 3. The van der Waals surface area contributed by atoms with Crippen molar-refractivity contribution >= 4 is 34.7 Å². The molecule has 156 valence electrons. The van der Waals surface area contributed by atoms with Crippen molar-refractivity contribution in [1.29, 1.82) is 5.41 Å². The van der Waals surface area contributed by atoms with Crippen molar-refractivity contribution < 1.29 is 17.9 Å². The number of hydrogen-bond donors (Lipinski definition) is 3. The highest BCUT2D eigenvalue weighted by Gasteiger charge is 2.36. The van der Waals surface area contributed by atoms with E-state index in [9.17, 15) is 13.2 Å². The summed E-state index contributed by atoms with van der Waals surface area (Å²) in [6, 6.07) is 4.34. The Balaban J connectivity index is 2.23. The first-order chi connectivity index (χ1) is 13.5. The average molecular weight is 426 g/mol. The summed E-state index contributed by atoms with van der Waals surface area (Å²) in [6.07, 6.45) is -2.36. The average Bonchev–Trinajstić information content (AvgIpc) is 2.60. The lowest BCUT2D eigenvalue weighted by molar-refractivity contribution is -0.138. The Morgan fingerprint density at radius 3 is 2.55 bits per heavy atom. The molecule has 11 heteroatoms. The van der Waals surface area contributed by atoms with E-state index in [1.165, 1.54) is 0 Å². The van der Waals surface area contributed by atoms with Crippen LogP contribution in [0.4, 0.5) is 24.7 Å². The van der Waals surface area contributed by atoms with Gasteiger partial charge in [0.25, 0.3) is 0 Å². The van der Waals surface area contributed by atoms with Gasteiger partial charge in [0.1, 0.15) is 11.4 Å². The second-order valence-electron chi connectivity index (χ2n) is 6.45. The summed E-state index contributed by atoms with van der Waals surface area (Å²) >= 11 is 5.12. The molecule has 0 bridgehead atoms. The van der Waals surface area contributed by atoms with Crippen molar-refractivity contribution in [1.82, 2.24) is 15.3 Å². The topological polar surface area (TPSA) is 86.2 Å². The van der Waals surface area contributed by atoms with E-state index in [0.29, 0.717) is 11.5 Å². The third kappa shape index (κ3) is 6.01. The van der Waals surface area contributed by atoms with Crippen LogP contribution in [0.15, 0.2) is 30.6 Å². The maximum absolute atomic E-state index is 13.5. The zero-order chi connectivity index (χ0) is 21.8. The SMILES string of the molecule is CC(C)Oc1cnc(C(=N)NC(=S)Nc2ncccc2N(C)C)c(C(F)(F)F)c1. The summed E-state index contributed by atoms with van der Waals surface area (Å²) in [5.74, 6) is -0.241. The monoisotopic (exact) mass is 426 g/mol. The van der Waals surface area contributed by atoms with Crippen LogP contribution in [-0.4, -0.2) is 41.1 Å². The fraction of sp³-hybridized carbons (Fsp3) is 0.333. The molecule has 29 heavy (non-hydrogen) atoms. The van der Waals surface area contributed by atoms with E-state index < -0.39 is 23.3 Å². The van der Waals surface area contributed by atoms with Gasteiger partial charge in [-0.15, -0.1) is 0 Å². The van der Waals surface area contributed by atoms with Crippen LogP contribution in [0.25, 0.3) is 0 Å². The largest absolute Gasteiger partial charge is 0.489 e. The third-order valence-electron chi connectivity index (χ3n) is 3.52. The molecule has 0 radical (unpaired) electrons. The molecule has 0 aliphatic rings. The van der Waals surface area contributed by atoms with Crippen LogP contribution >= 0.6 is 12.2 Å². The molecule has 0 amide bonds. The Labute approximate surface area is 171 Å². The van der Waals surface area contributed by atoms with Crippen molar-refractivity contribution in [2.24, 2.45) is 0 Å². The maximum Gasteiger partial charge on any atom is 0.418 e. The van der Waals surface area contributed by atoms with Gasteiger partial charge < -0.3 is 20.3 Å². The summed E-state index contributed by atoms with van der Waals surface area (Å²) in [4.78, 5) is 9.71. The standard InChI is InChI=1S/C18H21F3N6OS/c1-10(2)28-11-8-12(18(19,20)21)14(24-9-11)15(22)25-17(29)26-16-13(27(3)4)6-5-7-23-16/h5-10H,1-4H3,(H3,22,23,25,26,29). The molecule has 2 aromatic heterocycles. The van der Waals surface area contributed by atoms with Crippen molar-refractivity contribution in [2.75, 3.05) is 24.3 Å². The van der Waals surface area contributed by atoms with Gasteiger partial charge in [0.15, 0.2) is 16.8 Å². The number of pyridine rings is 2. The van der Waals surface area contributed by atoms with Gasteiger partial charge >= 0.3 is 6.18 Å². The predicted molar refractivity (Wildman–Crippen MR) is 110 cm³/mol. The number of thiocarbonyl (C=S) groups is 1. The van der Waals surface area contributed by atoms with Crippen LogP contribution < -0.4 is 20.3 Å². The molecule has 2 aromatic rings. The zero-order valence-corrected chi connectivity index (χ0v) is 17.1. The van der Waals surface area contributed by atoms with E-state index in [2.05, 4.69) is 20.6 Å². The lowest BCUT2D eigenvalue weighted by atomic mass is 10.1. The lowest BCUT2D eigenvalue weighted by Crippen LogP contribution is -2.36. The molecule has 2 heterocycles. The van der Waals surface area contributed by atoms with Crippen LogP contribution in [0, 0.1) is 5.41 Å². The first-order valence-corrected chi connectivity index (χ1v) is 8.93. The fourth-order valence-electron chi connectivity index (χ4n) is 2.36. The van der Waals surface area contributed by atoms with E-state index in [1.54, 1.807) is 51.2 Å². The lowest BCUT2D eigenvalue weighted by Gasteiger charge is -2.19. The minimum atomic E-state index is -4.72. The maximum atomic E-state index is 13.5. The molecule has 0 unspecified atom stereocenters. The van der Waals surface area contributed by atoms with Gasteiger partial charge in [-0.25, -0.2) is 9.97 Å². The molecule has 3 N–H and O–H groups in total. The fourth-order valence-corrected chi connectivity index (χ4v) is 2.56.